The summed E-state index contributed by atoms with van der Waals surface area (Å²) in [5.41, 5.74) is 3.03. The lowest BCUT2D eigenvalue weighted by molar-refractivity contribution is -0.133. The van der Waals surface area contributed by atoms with E-state index in [1.807, 2.05) is 35.9 Å². The second-order valence-electron chi connectivity index (χ2n) is 7.65. The minimum absolute atomic E-state index is 0.125. The summed E-state index contributed by atoms with van der Waals surface area (Å²) in [4.78, 5) is 33.2. The second-order valence-corrected chi connectivity index (χ2v) is 7.65. The quantitative estimate of drug-likeness (QED) is 0.831. The molecule has 6 heteroatoms. The van der Waals surface area contributed by atoms with E-state index in [2.05, 4.69) is 24.5 Å². The molecule has 0 bridgehead atoms. The summed E-state index contributed by atoms with van der Waals surface area (Å²) in [5, 5.41) is 0. The normalized spacial score (nSPS) is 15.4. The fourth-order valence-corrected chi connectivity index (χ4v) is 3.82. The van der Waals surface area contributed by atoms with Crippen LogP contribution < -0.4 is 0 Å². The Kier molecular flexibility index (Phi) is 5.82. The van der Waals surface area contributed by atoms with Crippen molar-refractivity contribution < 1.29 is 9.59 Å². The molecule has 1 saturated heterocycles. The summed E-state index contributed by atoms with van der Waals surface area (Å²) in [7, 11) is 2.04. The molecule has 27 heavy (non-hydrogen) atoms. The van der Waals surface area contributed by atoms with Crippen LogP contribution in [0.25, 0.3) is 11.0 Å². The fourth-order valence-electron chi connectivity index (χ4n) is 3.82. The van der Waals surface area contributed by atoms with E-state index in [1.165, 1.54) is 0 Å². The van der Waals surface area contributed by atoms with Crippen LogP contribution in [0.1, 0.15) is 50.9 Å². The number of hydrogen-bond donors (Lipinski definition) is 0. The number of benzene rings is 1. The van der Waals surface area contributed by atoms with Crippen molar-refractivity contribution in [1.29, 1.82) is 0 Å². The zero-order valence-electron chi connectivity index (χ0n) is 16.9. The molecule has 0 saturated carbocycles. The highest BCUT2D eigenvalue weighted by molar-refractivity contribution is 5.82. The molecule has 0 radical (unpaired) electrons. The largest absolute Gasteiger partial charge is 0.341 e. The Morgan fingerprint density at radius 3 is 2.37 bits per heavy atom. The monoisotopic (exact) mass is 370 g/mol. The van der Waals surface area contributed by atoms with Gasteiger partial charge < -0.3 is 14.4 Å². The van der Waals surface area contributed by atoms with E-state index in [9.17, 15) is 9.59 Å². The van der Waals surface area contributed by atoms with Crippen molar-refractivity contribution in [2.24, 2.45) is 7.05 Å². The van der Waals surface area contributed by atoms with Gasteiger partial charge in [-0.2, -0.15) is 0 Å². The molecule has 2 amide bonds. The van der Waals surface area contributed by atoms with Crippen LogP contribution in [-0.2, 0) is 23.1 Å². The van der Waals surface area contributed by atoms with Crippen molar-refractivity contribution >= 4 is 22.8 Å². The standard InChI is InChI=1S/C21H30N4O2/c1-5-19(26)24-9-6-10-25(12-11-24)20(27)14-16-7-8-18-17(13-16)22-21(15(2)3)23(18)4/h7-8,13,15H,5-6,9-12,14H2,1-4H3. The first-order chi connectivity index (χ1) is 12.9. The van der Waals surface area contributed by atoms with Crippen molar-refractivity contribution in [3.8, 4) is 0 Å². The van der Waals surface area contributed by atoms with Crippen LogP contribution in [0.15, 0.2) is 18.2 Å². The molecule has 1 aliphatic rings. The maximum absolute atomic E-state index is 12.8. The highest BCUT2D eigenvalue weighted by Gasteiger charge is 2.21. The van der Waals surface area contributed by atoms with Crippen molar-refractivity contribution in [1.82, 2.24) is 19.4 Å². The number of carbonyl (C=O) groups is 2. The van der Waals surface area contributed by atoms with E-state index in [1.54, 1.807) is 0 Å². The molecule has 0 spiro atoms. The van der Waals surface area contributed by atoms with Crippen LogP contribution >= 0.6 is 0 Å². The highest BCUT2D eigenvalue weighted by Crippen LogP contribution is 2.22. The summed E-state index contributed by atoms with van der Waals surface area (Å²) in [5.74, 6) is 1.71. The number of amides is 2. The molecule has 2 aromatic rings. The molecule has 2 heterocycles. The lowest BCUT2D eigenvalue weighted by atomic mass is 10.1. The van der Waals surface area contributed by atoms with Crippen molar-refractivity contribution in [2.75, 3.05) is 26.2 Å². The van der Waals surface area contributed by atoms with Crippen LogP contribution in [-0.4, -0.2) is 57.3 Å². The topological polar surface area (TPSA) is 58.4 Å². The van der Waals surface area contributed by atoms with Gasteiger partial charge in [-0.3, -0.25) is 9.59 Å². The molecule has 1 aromatic carbocycles. The predicted molar refractivity (Wildman–Crippen MR) is 107 cm³/mol. The number of aromatic nitrogens is 2. The maximum Gasteiger partial charge on any atom is 0.227 e. The van der Waals surface area contributed by atoms with Gasteiger partial charge in [0.25, 0.3) is 0 Å². The van der Waals surface area contributed by atoms with E-state index < -0.39 is 0 Å². The number of aryl methyl sites for hydroxylation is 1. The molecule has 3 rings (SSSR count). The van der Waals surface area contributed by atoms with Crippen molar-refractivity contribution in [3.05, 3.63) is 29.6 Å². The van der Waals surface area contributed by atoms with E-state index in [0.717, 1.165) is 41.9 Å². The molecule has 1 aliphatic heterocycles. The van der Waals surface area contributed by atoms with Gasteiger partial charge in [0, 0.05) is 45.6 Å². The molecule has 6 nitrogen and oxygen atoms in total. The van der Waals surface area contributed by atoms with Crippen LogP contribution in [0, 0.1) is 0 Å². The molecule has 1 aromatic heterocycles. The summed E-state index contributed by atoms with van der Waals surface area (Å²) < 4.78 is 2.12. The highest BCUT2D eigenvalue weighted by atomic mass is 16.2. The average molecular weight is 370 g/mol. The smallest absolute Gasteiger partial charge is 0.227 e. The fraction of sp³-hybridized carbons (Fsp3) is 0.571. The van der Waals surface area contributed by atoms with E-state index in [-0.39, 0.29) is 11.8 Å². The first kappa shape index (κ1) is 19.4. The molecule has 0 N–H and O–H groups in total. The third-order valence-electron chi connectivity index (χ3n) is 5.36. The van der Waals surface area contributed by atoms with Gasteiger partial charge in [0.1, 0.15) is 5.82 Å². The van der Waals surface area contributed by atoms with Gasteiger partial charge in [-0.25, -0.2) is 4.98 Å². The first-order valence-electron chi connectivity index (χ1n) is 9.91. The summed E-state index contributed by atoms with van der Waals surface area (Å²) >= 11 is 0. The predicted octanol–water partition coefficient (Wildman–Crippen LogP) is 2.71. The van der Waals surface area contributed by atoms with Gasteiger partial charge in [0.15, 0.2) is 0 Å². The number of hydrogen-bond acceptors (Lipinski definition) is 3. The van der Waals surface area contributed by atoms with Crippen LogP contribution in [0.3, 0.4) is 0 Å². The summed E-state index contributed by atoms with van der Waals surface area (Å²) in [6, 6.07) is 6.11. The number of imidazole rings is 1. The summed E-state index contributed by atoms with van der Waals surface area (Å²) in [6.45, 7) is 8.87. The number of carbonyl (C=O) groups excluding carboxylic acids is 2. The molecular weight excluding hydrogens is 340 g/mol. The van der Waals surface area contributed by atoms with Crippen LogP contribution in [0.4, 0.5) is 0 Å². The molecule has 0 aliphatic carbocycles. The molecular formula is C21H30N4O2. The third kappa shape index (κ3) is 4.15. The minimum atomic E-state index is 0.125. The van der Waals surface area contributed by atoms with E-state index in [0.29, 0.717) is 31.8 Å². The zero-order valence-corrected chi connectivity index (χ0v) is 16.9. The van der Waals surface area contributed by atoms with E-state index >= 15 is 0 Å². The Hall–Kier alpha value is -2.37. The molecule has 0 unspecified atom stereocenters. The van der Waals surface area contributed by atoms with Crippen LogP contribution in [0.2, 0.25) is 0 Å². The number of rotatable bonds is 4. The van der Waals surface area contributed by atoms with Gasteiger partial charge in [-0.15, -0.1) is 0 Å². The zero-order chi connectivity index (χ0) is 19.6. The molecule has 1 fully saturated rings. The summed E-state index contributed by atoms with van der Waals surface area (Å²) in [6.07, 6.45) is 1.75. The molecule has 146 valence electrons. The Balaban J connectivity index is 1.69. The second kappa shape index (κ2) is 8.11. The van der Waals surface area contributed by atoms with Gasteiger partial charge >= 0.3 is 0 Å². The minimum Gasteiger partial charge on any atom is -0.341 e. The van der Waals surface area contributed by atoms with Crippen molar-refractivity contribution in [2.45, 2.75) is 46.0 Å². The Labute approximate surface area is 161 Å². The van der Waals surface area contributed by atoms with Gasteiger partial charge in [0.05, 0.1) is 17.5 Å². The Morgan fingerprint density at radius 1 is 1.07 bits per heavy atom. The van der Waals surface area contributed by atoms with Crippen molar-refractivity contribution in [3.63, 3.8) is 0 Å². The Bertz CT molecular complexity index is 840. The lowest BCUT2D eigenvalue weighted by Gasteiger charge is -2.22. The maximum atomic E-state index is 12.8. The van der Waals surface area contributed by atoms with E-state index in [4.69, 9.17) is 4.98 Å². The first-order valence-corrected chi connectivity index (χ1v) is 9.91. The molecule has 0 atom stereocenters. The SMILES string of the molecule is CCC(=O)N1CCCN(C(=O)Cc2ccc3c(c2)nc(C(C)C)n3C)CC1. The van der Waals surface area contributed by atoms with Gasteiger partial charge in [-0.1, -0.05) is 26.8 Å². The lowest BCUT2D eigenvalue weighted by Crippen LogP contribution is -2.37. The number of fused-ring (bicyclic) bond motifs is 1. The van der Waals surface area contributed by atoms with Gasteiger partial charge in [0.2, 0.25) is 11.8 Å². The third-order valence-corrected chi connectivity index (χ3v) is 5.36. The average Bonchev–Trinajstić information content (AvgIpc) is 2.83. The van der Waals surface area contributed by atoms with Gasteiger partial charge in [-0.05, 0) is 24.1 Å². The van der Waals surface area contributed by atoms with Crippen LogP contribution in [0.5, 0.6) is 0 Å². The number of nitrogens with zero attached hydrogens (tertiary/aromatic N) is 4. The Morgan fingerprint density at radius 2 is 1.74 bits per heavy atom.